The van der Waals surface area contributed by atoms with Crippen LogP contribution in [0.1, 0.15) is 39.0 Å². The summed E-state index contributed by atoms with van der Waals surface area (Å²) in [4.78, 5) is 8.71. The van der Waals surface area contributed by atoms with E-state index in [4.69, 9.17) is 5.73 Å². The van der Waals surface area contributed by atoms with Crippen molar-refractivity contribution in [2.45, 2.75) is 45.1 Å². The smallest absolute Gasteiger partial charge is 0.137 e. The van der Waals surface area contributed by atoms with E-state index in [1.54, 1.807) is 6.33 Å². The Hall–Kier alpha value is -1.84. The van der Waals surface area contributed by atoms with Gasteiger partial charge in [-0.25, -0.2) is 9.97 Å². The number of hydrogen-bond acceptors (Lipinski definition) is 4. The Labute approximate surface area is 119 Å². The van der Waals surface area contributed by atoms with Crippen LogP contribution >= 0.6 is 0 Å². The normalized spacial score (nSPS) is 23.4. The Balaban J connectivity index is 1.83. The summed E-state index contributed by atoms with van der Waals surface area (Å²) in [5, 5.41) is 4.67. The highest BCUT2D eigenvalue weighted by Gasteiger charge is 2.17. The lowest BCUT2D eigenvalue weighted by Crippen LogP contribution is -2.19. The average Bonchev–Trinajstić information content (AvgIpc) is 2.64. The first-order valence-electron chi connectivity index (χ1n) is 7.49. The third kappa shape index (κ3) is 2.84. The number of benzene rings is 1. The predicted octanol–water partition coefficient (Wildman–Crippen LogP) is 3.59. The number of nitrogens with zero attached hydrogens (tertiary/aromatic N) is 2. The van der Waals surface area contributed by atoms with Crippen LogP contribution in [0, 0.1) is 5.92 Å². The van der Waals surface area contributed by atoms with Gasteiger partial charge in [-0.2, -0.15) is 0 Å². The Morgan fingerprint density at radius 1 is 1.15 bits per heavy atom. The number of anilines is 2. The molecule has 1 aliphatic rings. The highest BCUT2D eigenvalue weighted by atomic mass is 15.0. The fraction of sp³-hybridized carbons (Fsp3) is 0.500. The molecule has 2 aromatic rings. The van der Waals surface area contributed by atoms with Crippen molar-refractivity contribution in [3.05, 3.63) is 24.5 Å². The zero-order valence-corrected chi connectivity index (χ0v) is 12.0. The van der Waals surface area contributed by atoms with Crippen LogP contribution in [0.4, 0.5) is 11.5 Å². The summed E-state index contributed by atoms with van der Waals surface area (Å²) in [5.41, 5.74) is 7.46. The van der Waals surface area contributed by atoms with Crippen molar-refractivity contribution >= 4 is 22.4 Å². The third-order valence-corrected chi connectivity index (χ3v) is 4.26. The molecule has 0 bridgehead atoms. The Morgan fingerprint density at radius 2 is 2.05 bits per heavy atom. The number of hydrogen-bond donors (Lipinski definition) is 2. The number of nitrogens with one attached hydrogen (secondary N) is 1. The first kappa shape index (κ1) is 13.2. The van der Waals surface area contributed by atoms with E-state index in [2.05, 4.69) is 22.2 Å². The molecule has 3 N–H and O–H groups in total. The van der Waals surface area contributed by atoms with Crippen LogP contribution in [0.15, 0.2) is 24.5 Å². The van der Waals surface area contributed by atoms with E-state index in [1.165, 1.54) is 32.1 Å². The lowest BCUT2D eigenvalue weighted by molar-refractivity contribution is 0.502. The molecule has 1 saturated carbocycles. The molecule has 0 amide bonds. The van der Waals surface area contributed by atoms with Crippen LogP contribution < -0.4 is 11.1 Å². The Morgan fingerprint density at radius 3 is 2.95 bits per heavy atom. The fourth-order valence-electron chi connectivity index (χ4n) is 3.01. The molecule has 20 heavy (non-hydrogen) atoms. The van der Waals surface area contributed by atoms with Gasteiger partial charge in [0.2, 0.25) is 0 Å². The first-order chi connectivity index (χ1) is 9.72. The van der Waals surface area contributed by atoms with Crippen molar-refractivity contribution in [3.63, 3.8) is 0 Å². The van der Waals surface area contributed by atoms with Crippen LogP contribution in [-0.2, 0) is 0 Å². The minimum absolute atomic E-state index is 0.524. The van der Waals surface area contributed by atoms with Gasteiger partial charge < -0.3 is 11.1 Å². The SMILES string of the molecule is CC1CCCC(Nc2ncnc3cc(N)ccc23)CC1. The van der Waals surface area contributed by atoms with Crippen molar-refractivity contribution in [2.24, 2.45) is 5.92 Å². The Kier molecular flexibility index (Phi) is 3.72. The van der Waals surface area contributed by atoms with Crippen LogP contribution in [0.5, 0.6) is 0 Å². The van der Waals surface area contributed by atoms with E-state index in [0.717, 1.165) is 28.3 Å². The average molecular weight is 270 g/mol. The second-order valence-electron chi connectivity index (χ2n) is 5.95. The summed E-state index contributed by atoms with van der Waals surface area (Å²) < 4.78 is 0. The number of rotatable bonds is 2. The summed E-state index contributed by atoms with van der Waals surface area (Å²) in [7, 11) is 0. The number of aromatic nitrogens is 2. The van der Waals surface area contributed by atoms with Crippen LogP contribution in [0.2, 0.25) is 0 Å². The van der Waals surface area contributed by atoms with E-state index >= 15 is 0 Å². The lowest BCUT2D eigenvalue weighted by Gasteiger charge is -2.18. The molecule has 1 fully saturated rings. The molecule has 1 aromatic heterocycles. The molecular weight excluding hydrogens is 248 g/mol. The molecule has 0 aliphatic heterocycles. The molecule has 2 atom stereocenters. The van der Waals surface area contributed by atoms with Gasteiger partial charge in [-0.05, 0) is 43.4 Å². The van der Waals surface area contributed by atoms with Crippen LogP contribution in [0.3, 0.4) is 0 Å². The van der Waals surface area contributed by atoms with Crippen LogP contribution in [-0.4, -0.2) is 16.0 Å². The number of nitrogen functional groups attached to an aromatic ring is 1. The third-order valence-electron chi connectivity index (χ3n) is 4.26. The monoisotopic (exact) mass is 270 g/mol. The van der Waals surface area contributed by atoms with Crippen LogP contribution in [0.25, 0.3) is 10.9 Å². The van der Waals surface area contributed by atoms with Gasteiger partial charge in [-0.1, -0.05) is 19.8 Å². The van der Waals surface area contributed by atoms with Gasteiger partial charge in [0.05, 0.1) is 5.52 Å². The second-order valence-corrected chi connectivity index (χ2v) is 5.95. The molecule has 0 spiro atoms. The topological polar surface area (TPSA) is 63.8 Å². The first-order valence-corrected chi connectivity index (χ1v) is 7.49. The van der Waals surface area contributed by atoms with E-state index in [1.807, 2.05) is 18.2 Å². The van der Waals surface area contributed by atoms with Crippen molar-refractivity contribution < 1.29 is 0 Å². The summed E-state index contributed by atoms with van der Waals surface area (Å²) in [6.07, 6.45) is 8.01. The van der Waals surface area contributed by atoms with Gasteiger partial charge >= 0.3 is 0 Å². The molecule has 1 heterocycles. The largest absolute Gasteiger partial charge is 0.399 e. The quantitative estimate of drug-likeness (QED) is 0.646. The molecule has 0 radical (unpaired) electrons. The van der Waals surface area contributed by atoms with Gasteiger partial charge in [0.1, 0.15) is 12.1 Å². The van der Waals surface area contributed by atoms with Gasteiger partial charge in [-0.15, -0.1) is 0 Å². The zero-order chi connectivity index (χ0) is 13.9. The van der Waals surface area contributed by atoms with Gasteiger partial charge in [0.15, 0.2) is 0 Å². The molecule has 0 saturated heterocycles. The van der Waals surface area contributed by atoms with Gasteiger partial charge in [-0.3, -0.25) is 0 Å². The van der Waals surface area contributed by atoms with E-state index in [-0.39, 0.29) is 0 Å². The minimum atomic E-state index is 0.524. The molecule has 4 heteroatoms. The standard InChI is InChI=1S/C16H22N4/c1-11-3-2-4-13(7-5-11)20-16-14-8-6-12(17)9-15(14)18-10-19-16/h6,8-11,13H,2-5,7,17H2,1H3,(H,18,19,20). The lowest BCUT2D eigenvalue weighted by atomic mass is 10.0. The molecular formula is C16H22N4. The van der Waals surface area contributed by atoms with Crippen molar-refractivity contribution in [1.29, 1.82) is 0 Å². The Bertz CT molecular complexity index is 596. The maximum atomic E-state index is 5.81. The molecule has 4 nitrogen and oxygen atoms in total. The summed E-state index contributed by atoms with van der Waals surface area (Å²) in [6.45, 7) is 2.35. The van der Waals surface area contributed by atoms with E-state index in [9.17, 15) is 0 Å². The minimum Gasteiger partial charge on any atom is -0.399 e. The van der Waals surface area contributed by atoms with E-state index < -0.39 is 0 Å². The molecule has 106 valence electrons. The van der Waals surface area contributed by atoms with Gasteiger partial charge in [0.25, 0.3) is 0 Å². The molecule has 3 rings (SSSR count). The van der Waals surface area contributed by atoms with E-state index in [0.29, 0.717) is 6.04 Å². The van der Waals surface area contributed by atoms with Crippen molar-refractivity contribution in [2.75, 3.05) is 11.1 Å². The number of nitrogens with two attached hydrogens (primary N) is 1. The zero-order valence-electron chi connectivity index (χ0n) is 12.0. The van der Waals surface area contributed by atoms with Gasteiger partial charge in [0, 0.05) is 17.1 Å². The fourth-order valence-corrected chi connectivity index (χ4v) is 3.01. The number of fused-ring (bicyclic) bond motifs is 1. The second kappa shape index (κ2) is 5.65. The molecule has 2 unspecified atom stereocenters. The van der Waals surface area contributed by atoms with Crippen molar-refractivity contribution in [3.8, 4) is 0 Å². The highest BCUT2D eigenvalue weighted by molar-refractivity contribution is 5.90. The molecule has 1 aliphatic carbocycles. The molecule has 1 aromatic carbocycles. The summed E-state index contributed by atoms with van der Waals surface area (Å²) >= 11 is 0. The maximum absolute atomic E-state index is 5.81. The summed E-state index contributed by atoms with van der Waals surface area (Å²) in [6, 6.07) is 6.34. The highest BCUT2D eigenvalue weighted by Crippen LogP contribution is 2.27. The van der Waals surface area contributed by atoms with Crippen molar-refractivity contribution in [1.82, 2.24) is 9.97 Å². The predicted molar refractivity (Wildman–Crippen MR) is 83.6 cm³/mol. The maximum Gasteiger partial charge on any atom is 0.137 e. The summed E-state index contributed by atoms with van der Waals surface area (Å²) in [5.74, 6) is 1.79.